The number of ether oxygens (including phenoxy) is 1. The molecule has 1 aromatic carbocycles. The molecular weight excluding hydrogens is 358 g/mol. The third kappa shape index (κ3) is 2.95. The van der Waals surface area contributed by atoms with E-state index in [9.17, 15) is 19.2 Å². The standard InChI is InChI=1S/C22H25NO5/c1-22(2,3)16(24)11-28-21(27)14-5-4-6-15(10-14)23-19(25)17-12-7-8-13(9-12)18(17)20(23)26/h4-6,10,12-13,17-18H,7-9,11H2,1-3H3/t12-,13-,17+,18+/m0/s1. The van der Waals surface area contributed by atoms with Crippen molar-refractivity contribution >= 4 is 29.3 Å². The third-order valence-electron chi connectivity index (χ3n) is 6.44. The van der Waals surface area contributed by atoms with Crippen LogP contribution in [-0.4, -0.2) is 30.2 Å². The van der Waals surface area contributed by atoms with Crippen molar-refractivity contribution in [3.05, 3.63) is 29.8 Å². The first-order valence-corrected chi connectivity index (χ1v) is 9.87. The van der Waals surface area contributed by atoms with E-state index in [0.29, 0.717) is 17.5 Å². The lowest BCUT2D eigenvalue weighted by molar-refractivity contribution is -0.129. The van der Waals surface area contributed by atoms with E-state index in [2.05, 4.69) is 0 Å². The number of anilines is 1. The van der Waals surface area contributed by atoms with Crippen molar-refractivity contribution in [3.63, 3.8) is 0 Å². The maximum atomic E-state index is 12.9. The topological polar surface area (TPSA) is 80.8 Å². The van der Waals surface area contributed by atoms with E-state index in [4.69, 9.17) is 4.74 Å². The first-order chi connectivity index (χ1) is 13.2. The Balaban J connectivity index is 1.51. The van der Waals surface area contributed by atoms with Gasteiger partial charge in [0.25, 0.3) is 0 Å². The summed E-state index contributed by atoms with van der Waals surface area (Å²) in [6, 6.07) is 6.35. The highest BCUT2D eigenvalue weighted by Gasteiger charge is 2.61. The fraction of sp³-hybridized carbons (Fsp3) is 0.545. The molecule has 1 aliphatic heterocycles. The Morgan fingerprint density at radius 2 is 1.68 bits per heavy atom. The Kier molecular flexibility index (Phi) is 4.40. The average molecular weight is 383 g/mol. The van der Waals surface area contributed by atoms with Crippen molar-refractivity contribution < 1.29 is 23.9 Å². The maximum absolute atomic E-state index is 12.9. The lowest BCUT2D eigenvalue weighted by atomic mass is 9.81. The first-order valence-electron chi connectivity index (χ1n) is 9.87. The number of benzene rings is 1. The Morgan fingerprint density at radius 1 is 1.07 bits per heavy atom. The number of ketones is 1. The van der Waals surface area contributed by atoms with Crippen molar-refractivity contribution in [1.29, 1.82) is 0 Å². The number of carbonyl (C=O) groups excluding carboxylic acids is 4. The zero-order valence-corrected chi connectivity index (χ0v) is 16.4. The molecule has 2 bridgehead atoms. The second kappa shape index (κ2) is 6.54. The zero-order valence-electron chi connectivity index (χ0n) is 16.4. The number of Topliss-reactive ketones (excluding diaryl/α,β-unsaturated/α-hetero) is 1. The van der Waals surface area contributed by atoms with Crippen LogP contribution in [0.2, 0.25) is 0 Å². The van der Waals surface area contributed by atoms with Crippen molar-refractivity contribution in [2.75, 3.05) is 11.5 Å². The summed E-state index contributed by atoms with van der Waals surface area (Å²) in [6.07, 6.45) is 3.02. The van der Waals surface area contributed by atoms with E-state index in [0.717, 1.165) is 19.3 Å². The van der Waals surface area contributed by atoms with Crippen LogP contribution in [0.4, 0.5) is 5.69 Å². The predicted molar refractivity (Wildman–Crippen MR) is 101 cm³/mol. The molecule has 4 rings (SSSR count). The minimum Gasteiger partial charge on any atom is -0.454 e. The number of amides is 2. The van der Waals surface area contributed by atoms with Gasteiger partial charge in [0, 0.05) is 5.41 Å². The molecule has 0 radical (unpaired) electrons. The summed E-state index contributed by atoms with van der Waals surface area (Å²) >= 11 is 0. The maximum Gasteiger partial charge on any atom is 0.338 e. The smallest absolute Gasteiger partial charge is 0.338 e. The van der Waals surface area contributed by atoms with Gasteiger partial charge in [0.2, 0.25) is 11.8 Å². The molecule has 28 heavy (non-hydrogen) atoms. The number of rotatable bonds is 4. The molecule has 0 spiro atoms. The van der Waals surface area contributed by atoms with Gasteiger partial charge in [-0.3, -0.25) is 19.3 Å². The fourth-order valence-electron chi connectivity index (χ4n) is 4.87. The highest BCUT2D eigenvalue weighted by Crippen LogP contribution is 2.56. The van der Waals surface area contributed by atoms with Gasteiger partial charge >= 0.3 is 5.97 Å². The predicted octanol–water partition coefficient (Wildman–Crippen LogP) is 2.99. The van der Waals surface area contributed by atoms with E-state index in [1.54, 1.807) is 39.0 Å². The summed E-state index contributed by atoms with van der Waals surface area (Å²) in [6.45, 7) is 4.98. The Morgan fingerprint density at radius 3 is 2.25 bits per heavy atom. The monoisotopic (exact) mass is 383 g/mol. The van der Waals surface area contributed by atoms with Crippen LogP contribution in [0.5, 0.6) is 0 Å². The van der Waals surface area contributed by atoms with E-state index < -0.39 is 11.4 Å². The molecule has 1 saturated heterocycles. The summed E-state index contributed by atoms with van der Waals surface area (Å²) in [7, 11) is 0. The van der Waals surface area contributed by atoms with Crippen LogP contribution in [0, 0.1) is 29.1 Å². The van der Waals surface area contributed by atoms with E-state index in [-0.39, 0.29) is 41.6 Å². The fourth-order valence-corrected chi connectivity index (χ4v) is 4.87. The van der Waals surface area contributed by atoms with Gasteiger partial charge in [0.05, 0.1) is 23.1 Å². The molecule has 2 saturated carbocycles. The number of imide groups is 1. The number of carbonyl (C=O) groups is 4. The van der Waals surface area contributed by atoms with E-state index in [1.807, 2.05) is 0 Å². The summed E-state index contributed by atoms with van der Waals surface area (Å²) in [4.78, 5) is 51.4. The number of hydrogen-bond acceptors (Lipinski definition) is 5. The normalized spacial score (nSPS) is 28.6. The van der Waals surface area contributed by atoms with Crippen LogP contribution in [0.15, 0.2) is 24.3 Å². The summed E-state index contributed by atoms with van der Waals surface area (Å²) < 4.78 is 5.13. The second-order valence-electron chi connectivity index (χ2n) is 9.20. The number of fused-ring (bicyclic) bond motifs is 5. The van der Waals surface area contributed by atoms with Gasteiger partial charge in [-0.05, 0) is 49.3 Å². The molecule has 1 heterocycles. The minimum atomic E-state index is -0.640. The van der Waals surface area contributed by atoms with E-state index in [1.165, 1.54) is 11.0 Å². The third-order valence-corrected chi connectivity index (χ3v) is 6.44. The van der Waals surface area contributed by atoms with Gasteiger partial charge in [-0.25, -0.2) is 4.79 Å². The van der Waals surface area contributed by atoms with Crippen molar-refractivity contribution in [2.45, 2.75) is 40.0 Å². The Bertz CT molecular complexity index is 840. The van der Waals surface area contributed by atoms with Gasteiger partial charge in [-0.2, -0.15) is 0 Å². The van der Waals surface area contributed by atoms with Crippen LogP contribution < -0.4 is 4.90 Å². The van der Waals surface area contributed by atoms with Crippen LogP contribution >= 0.6 is 0 Å². The van der Waals surface area contributed by atoms with Crippen LogP contribution in [0.1, 0.15) is 50.4 Å². The van der Waals surface area contributed by atoms with Gasteiger partial charge in [-0.15, -0.1) is 0 Å². The highest BCUT2D eigenvalue weighted by molar-refractivity contribution is 6.22. The van der Waals surface area contributed by atoms with Crippen molar-refractivity contribution in [1.82, 2.24) is 0 Å². The SMILES string of the molecule is CC(C)(C)C(=O)COC(=O)c1cccc(N2C(=O)[C@@H]3[C@H]4CC[C@@H](C4)[C@H]3C2=O)c1. The van der Waals surface area contributed by atoms with Crippen molar-refractivity contribution in [2.24, 2.45) is 29.1 Å². The number of esters is 1. The molecule has 6 heteroatoms. The lowest BCUT2D eigenvalue weighted by Gasteiger charge is -2.19. The highest BCUT2D eigenvalue weighted by atomic mass is 16.5. The number of nitrogens with zero attached hydrogens (tertiary/aromatic N) is 1. The summed E-state index contributed by atoms with van der Waals surface area (Å²) in [5, 5.41) is 0. The molecule has 148 valence electrons. The molecule has 2 aliphatic carbocycles. The molecule has 3 aliphatic rings. The largest absolute Gasteiger partial charge is 0.454 e. The first kappa shape index (κ1) is 18.8. The molecule has 3 fully saturated rings. The minimum absolute atomic E-state index is 0.143. The molecular formula is C22H25NO5. The molecule has 0 unspecified atom stereocenters. The second-order valence-corrected chi connectivity index (χ2v) is 9.20. The zero-order chi connectivity index (χ0) is 20.2. The average Bonchev–Trinajstić information content (AvgIpc) is 3.32. The molecule has 6 nitrogen and oxygen atoms in total. The van der Waals surface area contributed by atoms with E-state index >= 15 is 0 Å². The molecule has 0 aromatic heterocycles. The van der Waals surface area contributed by atoms with Crippen LogP contribution in [-0.2, 0) is 19.1 Å². The van der Waals surface area contributed by atoms with Crippen LogP contribution in [0.25, 0.3) is 0 Å². The molecule has 4 atom stereocenters. The van der Waals surface area contributed by atoms with Gasteiger partial charge in [-0.1, -0.05) is 26.8 Å². The van der Waals surface area contributed by atoms with Gasteiger partial charge in [0.15, 0.2) is 12.4 Å². The van der Waals surface area contributed by atoms with Gasteiger partial charge in [0.1, 0.15) is 0 Å². The van der Waals surface area contributed by atoms with Gasteiger partial charge < -0.3 is 4.74 Å². The van der Waals surface area contributed by atoms with Crippen LogP contribution in [0.3, 0.4) is 0 Å². The number of hydrogen-bond donors (Lipinski definition) is 0. The van der Waals surface area contributed by atoms with Crippen molar-refractivity contribution in [3.8, 4) is 0 Å². The lowest BCUT2D eigenvalue weighted by Crippen LogP contribution is -2.33. The Hall–Kier alpha value is -2.50. The Labute approximate surface area is 164 Å². The molecule has 0 N–H and O–H groups in total. The molecule has 1 aromatic rings. The quantitative estimate of drug-likeness (QED) is 0.590. The summed E-state index contributed by atoms with van der Waals surface area (Å²) in [5.74, 6) is -0.881. The molecule has 2 amide bonds. The summed E-state index contributed by atoms with van der Waals surface area (Å²) in [5.41, 5.74) is 0.0356.